The van der Waals surface area contributed by atoms with Crippen LogP contribution in [-0.2, 0) is 12.8 Å². The first-order chi connectivity index (χ1) is 13.1. The fourth-order valence-corrected chi connectivity index (χ4v) is 2.40. The van der Waals surface area contributed by atoms with E-state index in [0.29, 0.717) is 29.1 Å². The molecule has 0 aliphatic heterocycles. The summed E-state index contributed by atoms with van der Waals surface area (Å²) in [5, 5.41) is 0. The summed E-state index contributed by atoms with van der Waals surface area (Å²) < 4.78 is 18.9. The molecule has 0 aromatic carbocycles. The second kappa shape index (κ2) is 8.19. The predicted octanol–water partition coefficient (Wildman–Crippen LogP) is 3.77. The quantitative estimate of drug-likeness (QED) is 0.494. The number of hydrogen-bond donors (Lipinski definition) is 0. The fraction of sp³-hybridized carbons (Fsp3) is 0.143. The number of carbonyl (C=O) groups excluding carboxylic acids is 1. The van der Waals surface area contributed by atoms with E-state index in [2.05, 4.69) is 20.9 Å². The van der Waals surface area contributed by atoms with Crippen LogP contribution in [0.5, 0.6) is 11.5 Å². The Morgan fingerprint density at radius 1 is 1.15 bits per heavy atom. The lowest BCUT2D eigenvalue weighted by molar-refractivity contribution is 0.0986. The highest BCUT2D eigenvalue weighted by Gasteiger charge is 2.13. The minimum atomic E-state index is -0.505. The van der Waals surface area contributed by atoms with E-state index in [1.807, 2.05) is 6.92 Å². The molecule has 0 radical (unpaired) electrons. The van der Waals surface area contributed by atoms with Crippen LogP contribution >= 0.6 is 0 Å². The highest BCUT2D eigenvalue weighted by molar-refractivity contribution is 5.96. The molecule has 134 valence electrons. The van der Waals surface area contributed by atoms with Gasteiger partial charge in [0.2, 0.25) is 0 Å². The monoisotopic (exact) mass is 361 g/mol. The van der Waals surface area contributed by atoms with Crippen molar-refractivity contribution in [2.24, 2.45) is 0 Å². The molecule has 27 heavy (non-hydrogen) atoms. The number of rotatable bonds is 6. The van der Waals surface area contributed by atoms with Crippen LogP contribution in [0.25, 0.3) is 0 Å². The number of halogens is 1. The van der Waals surface area contributed by atoms with Crippen molar-refractivity contribution in [3.05, 3.63) is 77.4 Å². The number of nitrogens with zero attached hydrogens (tertiary/aromatic N) is 3. The summed E-state index contributed by atoms with van der Waals surface area (Å²) >= 11 is 0. The van der Waals surface area contributed by atoms with Crippen molar-refractivity contribution in [3.8, 4) is 23.8 Å². The summed E-state index contributed by atoms with van der Waals surface area (Å²) in [6, 6.07) is 7.91. The van der Waals surface area contributed by atoms with Crippen molar-refractivity contribution < 1.29 is 13.9 Å². The average molecular weight is 361 g/mol. The molecule has 0 N–H and O–H groups in total. The highest BCUT2D eigenvalue weighted by atomic mass is 19.1. The number of ether oxygens (including phenoxy) is 1. The van der Waals surface area contributed by atoms with Crippen LogP contribution in [0.15, 0.2) is 48.9 Å². The molecule has 0 bridgehead atoms. The maximum atomic E-state index is 13.3. The first-order valence-electron chi connectivity index (χ1n) is 8.31. The molecule has 0 unspecified atom stereocenters. The van der Waals surface area contributed by atoms with Gasteiger partial charge in [0, 0.05) is 41.3 Å². The standard InChI is InChI=1S/C21H16FN3O2/c1-3-14-5-6-17(24-11-14)9-21(26)20-10-18(8-16(4-2)25-20)27-19-7-15(22)12-23-13-19/h1,5-8,10-13H,4,9H2,2H3. The van der Waals surface area contributed by atoms with Gasteiger partial charge < -0.3 is 4.74 Å². The van der Waals surface area contributed by atoms with E-state index < -0.39 is 5.82 Å². The number of hydrogen-bond acceptors (Lipinski definition) is 5. The Morgan fingerprint density at radius 3 is 2.67 bits per heavy atom. The van der Waals surface area contributed by atoms with Gasteiger partial charge >= 0.3 is 0 Å². The number of aromatic nitrogens is 3. The van der Waals surface area contributed by atoms with Gasteiger partial charge in [-0.1, -0.05) is 12.8 Å². The van der Waals surface area contributed by atoms with Gasteiger partial charge in [-0.2, -0.15) is 0 Å². The molecule has 0 aliphatic rings. The van der Waals surface area contributed by atoms with Crippen LogP contribution < -0.4 is 4.74 Å². The van der Waals surface area contributed by atoms with Gasteiger partial charge in [-0.15, -0.1) is 6.42 Å². The Labute approximate surface area is 156 Å². The summed E-state index contributed by atoms with van der Waals surface area (Å²) in [7, 11) is 0. The Morgan fingerprint density at radius 2 is 2.00 bits per heavy atom. The topological polar surface area (TPSA) is 65.0 Å². The summed E-state index contributed by atoms with van der Waals surface area (Å²) in [6.45, 7) is 1.92. The van der Waals surface area contributed by atoms with Gasteiger partial charge in [-0.3, -0.25) is 14.8 Å². The van der Waals surface area contributed by atoms with E-state index in [1.165, 1.54) is 18.3 Å². The molecule has 3 heterocycles. The normalized spacial score (nSPS) is 10.3. The lowest BCUT2D eigenvalue weighted by Crippen LogP contribution is -2.09. The number of ketones is 1. The summed E-state index contributed by atoms with van der Waals surface area (Å²) in [4.78, 5) is 24.9. The van der Waals surface area contributed by atoms with Crippen LogP contribution in [0.4, 0.5) is 4.39 Å². The molecule has 0 fully saturated rings. The van der Waals surface area contributed by atoms with Crippen LogP contribution in [-0.4, -0.2) is 20.7 Å². The van der Waals surface area contributed by atoms with Gasteiger partial charge in [0.15, 0.2) is 5.78 Å². The van der Waals surface area contributed by atoms with Crippen LogP contribution in [0, 0.1) is 18.2 Å². The van der Waals surface area contributed by atoms with E-state index in [0.717, 1.165) is 6.20 Å². The van der Waals surface area contributed by atoms with Crippen molar-refractivity contribution in [1.29, 1.82) is 0 Å². The SMILES string of the molecule is C#Cc1ccc(CC(=O)c2cc(Oc3cncc(F)c3)cc(CC)n2)nc1. The van der Waals surface area contributed by atoms with Gasteiger partial charge in [-0.05, 0) is 18.6 Å². The van der Waals surface area contributed by atoms with Crippen molar-refractivity contribution in [1.82, 2.24) is 15.0 Å². The van der Waals surface area contributed by atoms with Gasteiger partial charge in [0.05, 0.1) is 18.8 Å². The molecule has 6 heteroatoms. The molecule has 0 saturated carbocycles. The maximum Gasteiger partial charge on any atom is 0.187 e. The number of carbonyl (C=O) groups is 1. The third-order valence-electron chi connectivity index (χ3n) is 3.75. The molecular formula is C21H16FN3O2. The van der Waals surface area contributed by atoms with Gasteiger partial charge in [0.1, 0.15) is 23.0 Å². The second-order valence-corrected chi connectivity index (χ2v) is 5.76. The Balaban J connectivity index is 1.83. The molecule has 5 nitrogen and oxygen atoms in total. The second-order valence-electron chi connectivity index (χ2n) is 5.76. The van der Waals surface area contributed by atoms with Crippen LogP contribution in [0.2, 0.25) is 0 Å². The maximum absolute atomic E-state index is 13.3. The lowest BCUT2D eigenvalue weighted by atomic mass is 10.1. The molecule has 3 rings (SSSR count). The largest absolute Gasteiger partial charge is 0.455 e. The highest BCUT2D eigenvalue weighted by Crippen LogP contribution is 2.23. The molecule has 0 spiro atoms. The summed E-state index contributed by atoms with van der Waals surface area (Å²) in [5.41, 5.74) is 2.20. The van der Waals surface area contributed by atoms with E-state index in [1.54, 1.807) is 24.4 Å². The van der Waals surface area contributed by atoms with Crippen molar-refractivity contribution in [2.45, 2.75) is 19.8 Å². The molecule has 0 saturated heterocycles. The van der Waals surface area contributed by atoms with Gasteiger partial charge in [0.25, 0.3) is 0 Å². The third-order valence-corrected chi connectivity index (χ3v) is 3.75. The van der Waals surface area contributed by atoms with Crippen molar-refractivity contribution in [2.75, 3.05) is 0 Å². The van der Waals surface area contributed by atoms with E-state index in [9.17, 15) is 9.18 Å². The minimum absolute atomic E-state index is 0.0893. The smallest absolute Gasteiger partial charge is 0.187 e. The zero-order valence-corrected chi connectivity index (χ0v) is 14.6. The number of pyridine rings is 3. The molecule has 0 amide bonds. The predicted molar refractivity (Wildman–Crippen MR) is 98.1 cm³/mol. The Hall–Kier alpha value is -3.59. The Bertz CT molecular complexity index is 1010. The number of Topliss-reactive ketones (excluding diaryl/α,β-unsaturated/α-hetero) is 1. The average Bonchev–Trinajstić information content (AvgIpc) is 2.68. The number of aryl methyl sites for hydroxylation is 1. The van der Waals surface area contributed by atoms with E-state index in [4.69, 9.17) is 11.2 Å². The Kier molecular flexibility index (Phi) is 5.53. The van der Waals surface area contributed by atoms with Gasteiger partial charge in [-0.25, -0.2) is 9.37 Å². The van der Waals surface area contributed by atoms with E-state index >= 15 is 0 Å². The lowest BCUT2D eigenvalue weighted by Gasteiger charge is -2.09. The zero-order valence-electron chi connectivity index (χ0n) is 14.6. The molecular weight excluding hydrogens is 345 g/mol. The summed E-state index contributed by atoms with van der Waals surface area (Å²) in [6.07, 6.45) is 10.0. The van der Waals surface area contributed by atoms with Crippen molar-refractivity contribution in [3.63, 3.8) is 0 Å². The molecule has 0 atom stereocenters. The molecule has 3 aromatic heterocycles. The third kappa shape index (κ3) is 4.73. The summed E-state index contributed by atoms with van der Waals surface area (Å²) in [5.74, 6) is 2.42. The van der Waals surface area contributed by atoms with Crippen molar-refractivity contribution >= 4 is 5.78 Å². The van der Waals surface area contributed by atoms with Crippen LogP contribution in [0.3, 0.4) is 0 Å². The minimum Gasteiger partial charge on any atom is -0.455 e. The number of terminal acetylenes is 1. The fourth-order valence-electron chi connectivity index (χ4n) is 2.40. The van der Waals surface area contributed by atoms with E-state index in [-0.39, 0.29) is 23.6 Å². The zero-order chi connectivity index (χ0) is 19.2. The molecule has 0 aliphatic carbocycles. The first kappa shape index (κ1) is 18.2. The van der Waals surface area contributed by atoms with Crippen LogP contribution in [0.1, 0.15) is 34.4 Å². The first-order valence-corrected chi connectivity index (χ1v) is 8.31. The molecule has 3 aromatic rings.